The lowest BCUT2D eigenvalue weighted by atomic mass is 9.84. The van der Waals surface area contributed by atoms with Gasteiger partial charge in [-0.3, -0.25) is 9.98 Å². The van der Waals surface area contributed by atoms with Crippen molar-refractivity contribution in [1.29, 1.82) is 0 Å². The largest absolute Gasteiger partial charge is 0.483 e. The van der Waals surface area contributed by atoms with E-state index in [0.717, 1.165) is 67.8 Å². The maximum absolute atomic E-state index is 10.6. The highest BCUT2D eigenvalue weighted by Crippen LogP contribution is 2.42. The molecule has 0 saturated heterocycles. The molecule has 0 aromatic heterocycles. The average Bonchev–Trinajstić information content (AvgIpc) is 3.35. The first-order valence-electron chi connectivity index (χ1n) is 12.4. The Labute approximate surface area is 210 Å². The molecule has 2 heterocycles. The molecule has 4 rings (SSSR count). The molecule has 0 aliphatic carbocycles. The molecule has 2 aliphatic heterocycles. The summed E-state index contributed by atoms with van der Waals surface area (Å²) in [5.74, 6) is 1.73. The van der Waals surface area contributed by atoms with Gasteiger partial charge in [0, 0.05) is 24.2 Å². The minimum Gasteiger partial charge on any atom is -0.483 e. The smallest absolute Gasteiger partial charge is 0.231 e. The molecule has 8 nitrogen and oxygen atoms in total. The van der Waals surface area contributed by atoms with Crippen LogP contribution < -0.4 is 20.4 Å². The van der Waals surface area contributed by atoms with Crippen LogP contribution in [0.3, 0.4) is 0 Å². The summed E-state index contributed by atoms with van der Waals surface area (Å²) in [6.45, 7) is 5.70. The first-order chi connectivity index (χ1) is 17.0. The molecule has 0 spiro atoms. The lowest BCUT2D eigenvalue weighted by Crippen LogP contribution is -2.42. The number of nitrogens with one attached hydrogen (secondary N) is 3. The van der Waals surface area contributed by atoms with Gasteiger partial charge in [0.25, 0.3) is 0 Å². The molecule has 2 unspecified atom stereocenters. The van der Waals surface area contributed by atoms with Gasteiger partial charge in [-0.2, -0.15) is 0 Å². The number of hydrazine groups is 2. The summed E-state index contributed by atoms with van der Waals surface area (Å²) in [7, 11) is 0. The average molecular weight is 498 g/mol. The van der Waals surface area contributed by atoms with E-state index >= 15 is 0 Å². The number of hydrogen-bond acceptors (Lipinski definition) is 6. The van der Waals surface area contributed by atoms with Crippen LogP contribution >= 0.6 is 0 Å². The van der Waals surface area contributed by atoms with Crippen molar-refractivity contribution in [2.24, 2.45) is 5.10 Å². The zero-order chi connectivity index (χ0) is 24.7. The van der Waals surface area contributed by atoms with E-state index in [-0.39, 0.29) is 5.60 Å². The van der Waals surface area contributed by atoms with Crippen LogP contribution in [0.4, 0.5) is 0 Å². The van der Waals surface area contributed by atoms with Crippen LogP contribution in [0, 0.1) is 0 Å². The summed E-state index contributed by atoms with van der Waals surface area (Å²) in [6, 6.07) is 16.8. The molecule has 188 valence electrons. The number of unbranched alkanes of at least 4 members (excludes halogenated alkanes) is 2. The molecule has 2 aromatic rings. The van der Waals surface area contributed by atoms with Gasteiger partial charge in [-0.15, -0.1) is 10.2 Å². The van der Waals surface area contributed by atoms with Crippen molar-refractivity contribution in [2.45, 2.75) is 58.0 Å². The SMILES string of the molecule is CCCC1(CC)C=C(c2ccc(C3=NNN(CCCCCNS(=O)O)N3)cc2)c2ccccc2O1. The normalized spacial score (nSPS) is 20.2. The molecule has 35 heavy (non-hydrogen) atoms. The Morgan fingerprint density at radius 3 is 2.60 bits per heavy atom. The van der Waals surface area contributed by atoms with Crippen molar-refractivity contribution in [1.82, 2.24) is 20.8 Å². The third kappa shape index (κ3) is 6.29. The Morgan fingerprint density at radius 2 is 1.86 bits per heavy atom. The molecule has 0 fully saturated rings. The zero-order valence-electron chi connectivity index (χ0n) is 20.4. The molecule has 0 amide bonds. The molecule has 2 aliphatic rings. The number of nitrogens with zero attached hydrogens (tertiary/aromatic N) is 2. The second kappa shape index (κ2) is 11.8. The predicted molar refractivity (Wildman–Crippen MR) is 141 cm³/mol. The third-order valence-electron chi connectivity index (χ3n) is 6.45. The highest BCUT2D eigenvalue weighted by atomic mass is 32.2. The Hall–Kier alpha value is -2.72. The fraction of sp³-hybridized carbons (Fsp3) is 0.423. The highest BCUT2D eigenvalue weighted by molar-refractivity contribution is 7.77. The lowest BCUT2D eigenvalue weighted by molar-refractivity contribution is 0.101. The standard InChI is InChI=1S/C26H35N5O3S/c1-3-16-26(4-2)19-23(22-10-6-7-11-24(22)34-26)20-12-14-21(15-13-20)25-28-30-31(29-25)18-9-5-8-17-27-35(32)33/h6-7,10-15,19,27,30H,3-5,8-9,16-18H2,1-2H3,(H,28,29)(H,32,33). The van der Waals surface area contributed by atoms with Gasteiger partial charge in [0.2, 0.25) is 11.3 Å². The fourth-order valence-electron chi connectivity index (χ4n) is 4.57. The van der Waals surface area contributed by atoms with Crippen molar-refractivity contribution in [3.8, 4) is 5.75 Å². The summed E-state index contributed by atoms with van der Waals surface area (Å²) in [5.41, 5.74) is 10.6. The summed E-state index contributed by atoms with van der Waals surface area (Å²) >= 11 is -1.93. The summed E-state index contributed by atoms with van der Waals surface area (Å²) < 4.78 is 28.3. The molecule has 4 N–H and O–H groups in total. The topological polar surface area (TPSA) is 98.2 Å². The number of amidine groups is 1. The summed E-state index contributed by atoms with van der Waals surface area (Å²) in [4.78, 5) is 0. The Balaban J connectivity index is 1.40. The molecule has 2 aromatic carbocycles. The van der Waals surface area contributed by atoms with Crippen LogP contribution in [-0.4, -0.2) is 38.4 Å². The molecule has 0 radical (unpaired) electrons. The first-order valence-corrected chi connectivity index (χ1v) is 13.5. The quantitative estimate of drug-likeness (QED) is 0.257. The maximum Gasteiger partial charge on any atom is 0.231 e. The molecule has 2 atom stereocenters. The maximum atomic E-state index is 10.6. The minimum absolute atomic E-state index is 0.274. The second-order valence-electron chi connectivity index (χ2n) is 8.93. The first kappa shape index (κ1) is 25.4. The van der Waals surface area contributed by atoms with Gasteiger partial charge < -0.3 is 4.74 Å². The van der Waals surface area contributed by atoms with E-state index in [1.165, 1.54) is 11.1 Å². The summed E-state index contributed by atoms with van der Waals surface area (Å²) in [5, 5.41) is 6.29. The van der Waals surface area contributed by atoms with E-state index in [1.54, 1.807) is 0 Å². The van der Waals surface area contributed by atoms with Gasteiger partial charge in [0.05, 0.1) is 0 Å². The Morgan fingerprint density at radius 1 is 1.09 bits per heavy atom. The van der Waals surface area contributed by atoms with Gasteiger partial charge in [0.1, 0.15) is 11.4 Å². The van der Waals surface area contributed by atoms with E-state index in [9.17, 15) is 4.21 Å². The minimum atomic E-state index is -1.93. The van der Waals surface area contributed by atoms with Crippen LogP contribution in [-0.2, 0) is 11.3 Å². The second-order valence-corrected chi connectivity index (χ2v) is 9.72. The number of hydrogen-bond donors (Lipinski definition) is 4. The van der Waals surface area contributed by atoms with Crippen LogP contribution in [0.15, 0.2) is 59.7 Å². The van der Waals surface area contributed by atoms with Crippen LogP contribution in [0.2, 0.25) is 0 Å². The number of ether oxygens (including phenoxy) is 1. The number of fused-ring (bicyclic) bond motifs is 1. The van der Waals surface area contributed by atoms with E-state index in [4.69, 9.17) is 9.29 Å². The number of hydrazone groups is 1. The van der Waals surface area contributed by atoms with Crippen molar-refractivity contribution >= 4 is 22.7 Å². The van der Waals surface area contributed by atoms with E-state index in [1.807, 2.05) is 11.2 Å². The molecule has 9 heteroatoms. The summed E-state index contributed by atoms with van der Waals surface area (Å²) in [6.07, 6.45) is 8.02. The van der Waals surface area contributed by atoms with Crippen molar-refractivity contribution in [2.75, 3.05) is 13.1 Å². The van der Waals surface area contributed by atoms with Crippen LogP contribution in [0.1, 0.15) is 69.1 Å². The Bertz CT molecular complexity index is 1090. The van der Waals surface area contributed by atoms with Crippen LogP contribution in [0.5, 0.6) is 5.75 Å². The number of rotatable bonds is 12. The van der Waals surface area contributed by atoms with Gasteiger partial charge >= 0.3 is 0 Å². The molecule has 0 saturated carbocycles. The van der Waals surface area contributed by atoms with Gasteiger partial charge in [-0.1, -0.05) is 69.2 Å². The number of benzene rings is 2. The van der Waals surface area contributed by atoms with E-state index in [2.05, 4.69) is 83.2 Å². The predicted octanol–water partition coefficient (Wildman–Crippen LogP) is 4.34. The molecular formula is C26H35N5O3S. The van der Waals surface area contributed by atoms with Gasteiger partial charge in [-0.05, 0) is 49.0 Å². The van der Waals surface area contributed by atoms with Crippen LogP contribution in [0.25, 0.3) is 5.57 Å². The highest BCUT2D eigenvalue weighted by Gasteiger charge is 2.33. The van der Waals surface area contributed by atoms with Crippen molar-refractivity contribution in [3.63, 3.8) is 0 Å². The fourth-order valence-corrected chi connectivity index (χ4v) is 4.88. The molecule has 0 bridgehead atoms. The lowest BCUT2D eigenvalue weighted by Gasteiger charge is -2.36. The van der Waals surface area contributed by atoms with E-state index < -0.39 is 11.3 Å². The van der Waals surface area contributed by atoms with Crippen molar-refractivity contribution in [3.05, 3.63) is 71.3 Å². The Kier molecular flexibility index (Phi) is 8.56. The van der Waals surface area contributed by atoms with Gasteiger partial charge in [-0.25, -0.2) is 14.5 Å². The zero-order valence-corrected chi connectivity index (χ0v) is 21.2. The van der Waals surface area contributed by atoms with E-state index in [0.29, 0.717) is 6.54 Å². The monoisotopic (exact) mass is 497 g/mol. The number of para-hydroxylation sites is 1. The molecular weight excluding hydrogens is 462 g/mol. The van der Waals surface area contributed by atoms with Gasteiger partial charge in [0.15, 0.2) is 5.84 Å². The third-order valence-corrected chi connectivity index (χ3v) is 6.90. The van der Waals surface area contributed by atoms with Crippen molar-refractivity contribution < 1.29 is 13.5 Å².